The minimum atomic E-state index is -0.987. The monoisotopic (exact) mass is 345 g/mol. The van der Waals surface area contributed by atoms with Gasteiger partial charge in [-0.2, -0.15) is 0 Å². The van der Waals surface area contributed by atoms with Crippen molar-refractivity contribution in [2.75, 3.05) is 4.90 Å². The van der Waals surface area contributed by atoms with E-state index >= 15 is 0 Å². The summed E-state index contributed by atoms with van der Waals surface area (Å²) in [6.45, 7) is 0.439. The zero-order valence-corrected chi connectivity index (χ0v) is 12.6. The molecule has 1 heterocycles. The van der Waals surface area contributed by atoms with Crippen LogP contribution in [-0.4, -0.2) is 17.0 Å². The minimum Gasteiger partial charge on any atom is -0.478 e. The van der Waals surface area contributed by atoms with Crippen LogP contribution in [0, 0.1) is 0 Å². The fourth-order valence-corrected chi connectivity index (χ4v) is 2.93. The number of halogens is 1. The molecule has 1 amide bonds. The summed E-state index contributed by atoms with van der Waals surface area (Å²) in [4.78, 5) is 24.9. The predicted molar refractivity (Wildman–Crippen MR) is 82.4 cm³/mol. The van der Waals surface area contributed by atoms with Gasteiger partial charge in [0.1, 0.15) is 0 Å². The van der Waals surface area contributed by atoms with Gasteiger partial charge in [0, 0.05) is 10.2 Å². The molecule has 5 heteroatoms. The highest BCUT2D eigenvalue weighted by atomic mass is 79.9. The van der Waals surface area contributed by atoms with Crippen LogP contribution in [0.15, 0.2) is 46.9 Å². The molecular weight excluding hydrogens is 334 g/mol. The fraction of sp³-hybridized carbons (Fsp3) is 0.125. The van der Waals surface area contributed by atoms with Gasteiger partial charge in [0.2, 0.25) is 5.91 Å². The molecule has 0 unspecified atom stereocenters. The number of carboxylic acid groups (broad SMARTS) is 1. The Morgan fingerprint density at radius 3 is 2.76 bits per heavy atom. The second kappa shape index (κ2) is 5.33. The maximum atomic E-state index is 12.2. The number of fused-ring (bicyclic) bond motifs is 1. The third kappa shape index (κ3) is 2.69. The van der Waals surface area contributed by atoms with Gasteiger partial charge in [-0.15, -0.1) is 0 Å². The first-order valence-corrected chi connectivity index (χ1v) is 7.25. The molecule has 1 N–H and O–H groups in total. The van der Waals surface area contributed by atoms with Gasteiger partial charge in [-0.1, -0.05) is 34.1 Å². The molecule has 1 aliphatic rings. The molecule has 0 radical (unpaired) electrons. The second-order valence-corrected chi connectivity index (χ2v) is 5.85. The van der Waals surface area contributed by atoms with Gasteiger partial charge in [0.05, 0.1) is 18.5 Å². The Kier molecular flexibility index (Phi) is 3.51. The van der Waals surface area contributed by atoms with Crippen LogP contribution in [0.2, 0.25) is 0 Å². The maximum absolute atomic E-state index is 12.2. The van der Waals surface area contributed by atoms with Gasteiger partial charge in [-0.3, -0.25) is 4.79 Å². The first kappa shape index (κ1) is 13.8. The Balaban J connectivity index is 1.96. The van der Waals surface area contributed by atoms with Crippen LogP contribution in [0.3, 0.4) is 0 Å². The molecule has 21 heavy (non-hydrogen) atoms. The van der Waals surface area contributed by atoms with Crippen LogP contribution in [0.1, 0.15) is 21.5 Å². The van der Waals surface area contributed by atoms with E-state index in [0.29, 0.717) is 18.7 Å². The number of hydrogen-bond acceptors (Lipinski definition) is 2. The zero-order valence-electron chi connectivity index (χ0n) is 11.0. The summed E-state index contributed by atoms with van der Waals surface area (Å²) in [6, 6.07) is 12.6. The normalized spacial score (nSPS) is 13.4. The lowest BCUT2D eigenvalue weighted by atomic mass is 10.1. The molecule has 1 aliphatic heterocycles. The van der Waals surface area contributed by atoms with E-state index in [0.717, 1.165) is 15.6 Å². The molecule has 0 atom stereocenters. The maximum Gasteiger partial charge on any atom is 0.335 e. The molecule has 106 valence electrons. The smallest absolute Gasteiger partial charge is 0.335 e. The highest BCUT2D eigenvalue weighted by Gasteiger charge is 2.28. The Morgan fingerprint density at radius 1 is 1.24 bits per heavy atom. The van der Waals surface area contributed by atoms with Gasteiger partial charge >= 0.3 is 5.97 Å². The standard InChI is InChI=1S/C16H12BrNO3/c17-13-3-1-2-10(6-13)9-18-14-7-12(16(20)21)5-4-11(14)8-15(18)19/h1-7H,8-9H2,(H,20,21). The van der Waals surface area contributed by atoms with E-state index < -0.39 is 5.97 Å². The van der Waals surface area contributed by atoms with Crippen molar-refractivity contribution in [2.45, 2.75) is 13.0 Å². The molecular formula is C16H12BrNO3. The van der Waals surface area contributed by atoms with Crippen molar-refractivity contribution >= 4 is 33.5 Å². The lowest BCUT2D eigenvalue weighted by Crippen LogP contribution is -2.26. The largest absolute Gasteiger partial charge is 0.478 e. The highest BCUT2D eigenvalue weighted by molar-refractivity contribution is 9.10. The summed E-state index contributed by atoms with van der Waals surface area (Å²) >= 11 is 3.41. The molecule has 0 aromatic heterocycles. The van der Waals surface area contributed by atoms with Gasteiger partial charge < -0.3 is 10.0 Å². The number of aromatic carboxylic acids is 1. The lowest BCUT2D eigenvalue weighted by molar-refractivity contribution is -0.117. The number of carbonyl (C=O) groups is 2. The SMILES string of the molecule is O=C(O)c1ccc2c(c1)N(Cc1cccc(Br)c1)C(=O)C2. The van der Waals surface area contributed by atoms with Crippen LogP contribution in [0.25, 0.3) is 0 Å². The lowest BCUT2D eigenvalue weighted by Gasteiger charge is -2.18. The summed E-state index contributed by atoms with van der Waals surface area (Å²) in [6.07, 6.45) is 0.323. The second-order valence-electron chi connectivity index (χ2n) is 4.94. The Bertz CT molecular complexity index is 742. The third-order valence-corrected chi connectivity index (χ3v) is 3.99. The van der Waals surface area contributed by atoms with Gasteiger partial charge in [0.15, 0.2) is 0 Å². The number of rotatable bonds is 3. The van der Waals surface area contributed by atoms with Gasteiger partial charge in [0.25, 0.3) is 0 Å². The molecule has 0 bridgehead atoms. The number of nitrogens with zero attached hydrogens (tertiary/aromatic N) is 1. The first-order chi connectivity index (χ1) is 10.0. The average Bonchev–Trinajstić information content (AvgIpc) is 2.74. The highest BCUT2D eigenvalue weighted by Crippen LogP contribution is 2.31. The Hall–Kier alpha value is -2.14. The molecule has 0 fully saturated rings. The Morgan fingerprint density at radius 2 is 2.05 bits per heavy atom. The number of amides is 1. The van der Waals surface area contributed by atoms with Crippen molar-refractivity contribution in [3.8, 4) is 0 Å². The topological polar surface area (TPSA) is 57.6 Å². The first-order valence-electron chi connectivity index (χ1n) is 6.45. The van der Waals surface area contributed by atoms with Crippen molar-refractivity contribution in [1.82, 2.24) is 0 Å². The Labute approximate surface area is 130 Å². The number of carbonyl (C=O) groups excluding carboxylic acids is 1. The fourth-order valence-electron chi connectivity index (χ4n) is 2.48. The van der Waals surface area contributed by atoms with Crippen LogP contribution >= 0.6 is 15.9 Å². The third-order valence-electron chi connectivity index (χ3n) is 3.50. The van der Waals surface area contributed by atoms with E-state index in [1.165, 1.54) is 6.07 Å². The number of anilines is 1. The number of benzene rings is 2. The van der Waals surface area contributed by atoms with Crippen molar-refractivity contribution in [3.05, 3.63) is 63.6 Å². The van der Waals surface area contributed by atoms with Crippen LogP contribution in [-0.2, 0) is 17.8 Å². The van der Waals surface area contributed by atoms with Crippen molar-refractivity contribution < 1.29 is 14.7 Å². The van der Waals surface area contributed by atoms with E-state index in [9.17, 15) is 9.59 Å². The van der Waals surface area contributed by atoms with Crippen molar-refractivity contribution in [1.29, 1.82) is 0 Å². The summed E-state index contributed by atoms with van der Waals surface area (Å²) in [7, 11) is 0. The van der Waals surface area contributed by atoms with Crippen molar-refractivity contribution in [3.63, 3.8) is 0 Å². The summed E-state index contributed by atoms with van der Waals surface area (Å²) in [5.74, 6) is -0.993. The molecule has 2 aromatic rings. The van der Waals surface area contributed by atoms with E-state index in [2.05, 4.69) is 15.9 Å². The van der Waals surface area contributed by atoms with Crippen molar-refractivity contribution in [2.24, 2.45) is 0 Å². The van der Waals surface area contributed by atoms with E-state index in [1.54, 1.807) is 17.0 Å². The molecule has 0 saturated carbocycles. The molecule has 4 nitrogen and oxygen atoms in total. The van der Waals surface area contributed by atoms with E-state index in [4.69, 9.17) is 5.11 Å². The quantitative estimate of drug-likeness (QED) is 0.928. The summed E-state index contributed by atoms with van der Waals surface area (Å²) in [5, 5.41) is 9.08. The van der Waals surface area contributed by atoms with E-state index in [-0.39, 0.29) is 11.5 Å². The molecule has 0 spiro atoms. The molecule has 3 rings (SSSR count). The van der Waals surface area contributed by atoms with Crippen LogP contribution < -0.4 is 4.90 Å². The molecule has 0 aliphatic carbocycles. The van der Waals surface area contributed by atoms with Gasteiger partial charge in [-0.25, -0.2) is 4.79 Å². The van der Waals surface area contributed by atoms with Crippen LogP contribution in [0.5, 0.6) is 0 Å². The minimum absolute atomic E-state index is 0.00693. The molecule has 2 aromatic carbocycles. The summed E-state index contributed by atoms with van der Waals surface area (Å²) < 4.78 is 0.950. The zero-order chi connectivity index (χ0) is 15.0. The van der Waals surface area contributed by atoms with Crippen LogP contribution in [0.4, 0.5) is 5.69 Å². The molecule has 0 saturated heterocycles. The number of hydrogen-bond donors (Lipinski definition) is 1. The number of carboxylic acids is 1. The van der Waals surface area contributed by atoms with Gasteiger partial charge in [-0.05, 0) is 35.4 Å². The predicted octanol–water partition coefficient (Wildman–Crippen LogP) is 3.24. The average molecular weight is 346 g/mol. The summed E-state index contributed by atoms with van der Waals surface area (Å²) in [5.41, 5.74) is 2.76. The van der Waals surface area contributed by atoms with E-state index in [1.807, 2.05) is 24.3 Å².